The normalized spacial score (nSPS) is 14.1. The molecule has 0 aliphatic carbocycles. The Labute approximate surface area is 259 Å². The molecule has 0 unspecified atom stereocenters. The van der Waals surface area contributed by atoms with Crippen LogP contribution >= 0.6 is 11.8 Å². The number of halogens is 3. The van der Waals surface area contributed by atoms with Crippen LogP contribution in [0.4, 0.5) is 18.9 Å². The first kappa shape index (κ1) is 35.4. The number of hydrogen-bond donors (Lipinski definition) is 6. The maximum atomic E-state index is 12.8. The number of fused-ring (bicyclic) bond motifs is 1. The Kier molecular flexibility index (Phi) is 12.0. The Morgan fingerprint density at radius 1 is 1.11 bits per heavy atom. The quantitative estimate of drug-likeness (QED) is 0.164. The van der Waals surface area contributed by atoms with E-state index in [2.05, 4.69) is 34.2 Å². The molecule has 0 radical (unpaired) electrons. The summed E-state index contributed by atoms with van der Waals surface area (Å²) in [5, 5.41) is 46.6. The maximum absolute atomic E-state index is 12.8. The summed E-state index contributed by atoms with van der Waals surface area (Å²) in [6, 6.07) is 8.08. The molecule has 1 fully saturated rings. The van der Waals surface area contributed by atoms with E-state index in [9.17, 15) is 27.6 Å². The van der Waals surface area contributed by atoms with Crippen LogP contribution in [-0.4, -0.2) is 83.2 Å². The number of nitrogens with zero attached hydrogens (tertiary/aromatic N) is 3. The minimum Gasteiger partial charge on any atom is -0.481 e. The number of para-hydroxylation sites is 1. The number of benzene rings is 1. The molecule has 17 heteroatoms. The van der Waals surface area contributed by atoms with Crippen LogP contribution in [0.2, 0.25) is 0 Å². The molecule has 0 bridgehead atoms. The zero-order valence-corrected chi connectivity index (χ0v) is 25.2. The fraction of sp³-hybridized carbons (Fsp3) is 0.464. The predicted molar refractivity (Wildman–Crippen MR) is 156 cm³/mol. The summed E-state index contributed by atoms with van der Waals surface area (Å²) in [4.78, 5) is 35.0. The number of alkyl halides is 3. The second-order valence-corrected chi connectivity index (χ2v) is 11.8. The summed E-state index contributed by atoms with van der Waals surface area (Å²) >= 11 is 1.74. The van der Waals surface area contributed by atoms with Crippen molar-refractivity contribution in [1.82, 2.24) is 19.9 Å². The molecule has 6 N–H and O–H groups in total. The average molecular weight is 658 g/mol. The lowest BCUT2D eigenvalue weighted by Gasteiger charge is -2.22. The Bertz CT molecular complexity index is 1480. The van der Waals surface area contributed by atoms with Crippen molar-refractivity contribution in [3.05, 3.63) is 47.8 Å². The average Bonchev–Trinajstić information content (AvgIpc) is 3.36. The monoisotopic (exact) mass is 657 g/mol. The number of rotatable bonds is 12. The molecule has 2 aromatic heterocycles. The highest BCUT2D eigenvalue weighted by Crippen LogP contribution is 2.32. The van der Waals surface area contributed by atoms with Crippen molar-refractivity contribution >= 4 is 41.0 Å². The van der Waals surface area contributed by atoms with E-state index < -0.39 is 42.7 Å². The first-order valence-corrected chi connectivity index (χ1v) is 14.7. The van der Waals surface area contributed by atoms with Crippen molar-refractivity contribution in [3.8, 4) is 5.75 Å². The number of ether oxygens (including phenoxy) is 1. The molecule has 45 heavy (non-hydrogen) atoms. The lowest BCUT2D eigenvalue weighted by atomic mass is 9.96. The van der Waals surface area contributed by atoms with Gasteiger partial charge in [-0.05, 0) is 44.0 Å². The second-order valence-electron chi connectivity index (χ2n) is 10.5. The van der Waals surface area contributed by atoms with Gasteiger partial charge in [-0.3, -0.25) is 9.59 Å². The van der Waals surface area contributed by atoms with E-state index in [1.165, 1.54) is 12.1 Å². The topological polar surface area (TPSA) is 196 Å². The summed E-state index contributed by atoms with van der Waals surface area (Å²) in [7, 11) is 0. The number of piperidine rings is 1. The maximum Gasteiger partial charge on any atom is 0.573 e. The van der Waals surface area contributed by atoms with Crippen molar-refractivity contribution < 1.29 is 52.7 Å². The molecule has 1 aromatic carbocycles. The number of aliphatic hydroxyl groups is 1. The molecule has 13 nitrogen and oxygen atoms in total. The molecule has 1 aliphatic rings. The van der Waals surface area contributed by atoms with Gasteiger partial charge in [-0.25, -0.2) is 14.3 Å². The number of nitrogens with one attached hydrogen (secondary N) is 2. The molecule has 4 rings (SSSR count). The standard InChI is InChI=1S/C22H26F3N5OS.C6H8O7/c1-14(2)18-13-28-21-17(11-20(29-30(18)21)32-16-7-9-26-10-8-16)27-12-15-5-3-4-6-19(15)31-22(23,24)25;7-3(8)1-6(13,5(11)12)2-4(9)10/h3-6,11,13-14,16,26-27H,7-10,12H2,1-2H3;13H,1-2H2,(H,7,8)(H,9,10)(H,11,12). The van der Waals surface area contributed by atoms with Crippen LogP contribution in [0, 0.1) is 0 Å². The first-order valence-electron chi connectivity index (χ1n) is 13.8. The van der Waals surface area contributed by atoms with Gasteiger partial charge in [0.25, 0.3) is 0 Å². The molecule has 3 aromatic rings. The first-order chi connectivity index (χ1) is 21.1. The van der Waals surface area contributed by atoms with E-state index in [-0.39, 0.29) is 18.2 Å². The Balaban J connectivity index is 0.000000360. The number of carboxylic acid groups (broad SMARTS) is 3. The van der Waals surface area contributed by atoms with Crippen LogP contribution in [-0.2, 0) is 20.9 Å². The predicted octanol–water partition coefficient (Wildman–Crippen LogP) is 3.96. The Morgan fingerprint density at radius 3 is 2.29 bits per heavy atom. The molecule has 0 spiro atoms. The number of carbonyl (C=O) groups is 3. The fourth-order valence-electron chi connectivity index (χ4n) is 4.41. The number of hydrogen-bond acceptors (Lipinski definition) is 10. The molecule has 0 saturated carbocycles. The van der Waals surface area contributed by atoms with Crippen LogP contribution in [0.3, 0.4) is 0 Å². The Hall–Kier alpha value is -4.09. The second kappa shape index (κ2) is 15.3. The molecule has 1 saturated heterocycles. The fourth-order valence-corrected chi connectivity index (χ4v) is 5.53. The largest absolute Gasteiger partial charge is 0.573 e. The summed E-state index contributed by atoms with van der Waals surface area (Å²) in [6.45, 7) is 6.30. The van der Waals surface area contributed by atoms with Gasteiger partial charge in [-0.2, -0.15) is 5.10 Å². The van der Waals surface area contributed by atoms with Crippen LogP contribution in [0.15, 0.2) is 41.6 Å². The highest BCUT2D eigenvalue weighted by molar-refractivity contribution is 7.99. The summed E-state index contributed by atoms with van der Waals surface area (Å²) in [6.07, 6.45) is -3.10. The number of carboxylic acids is 3. The third-order valence-electron chi connectivity index (χ3n) is 6.59. The van der Waals surface area contributed by atoms with Gasteiger partial charge < -0.3 is 35.8 Å². The molecular formula is C28H34F3N5O8S. The summed E-state index contributed by atoms with van der Waals surface area (Å²) in [5.74, 6) is -5.01. The van der Waals surface area contributed by atoms with Gasteiger partial charge in [0.2, 0.25) is 0 Å². The number of anilines is 1. The molecule has 0 atom stereocenters. The van der Waals surface area contributed by atoms with Crippen LogP contribution in [0.25, 0.3) is 5.65 Å². The van der Waals surface area contributed by atoms with Crippen LogP contribution in [0.1, 0.15) is 56.7 Å². The van der Waals surface area contributed by atoms with Crippen molar-refractivity contribution in [3.63, 3.8) is 0 Å². The lowest BCUT2D eigenvalue weighted by Crippen LogP contribution is -2.42. The van der Waals surface area contributed by atoms with Crippen LogP contribution < -0.4 is 15.4 Å². The van der Waals surface area contributed by atoms with Gasteiger partial charge in [0.15, 0.2) is 11.2 Å². The van der Waals surface area contributed by atoms with E-state index in [0.29, 0.717) is 16.5 Å². The van der Waals surface area contributed by atoms with Gasteiger partial charge in [0.05, 0.1) is 30.4 Å². The third kappa shape index (κ3) is 10.5. The zero-order valence-electron chi connectivity index (χ0n) is 24.4. The third-order valence-corrected chi connectivity index (χ3v) is 7.84. The SMILES string of the molecule is CC(C)c1cnc2c(NCc3ccccc3OC(F)(F)F)cc(SC3CCNCC3)nn12.O=C(O)CC(O)(CC(=O)O)C(=O)O. The number of aromatic nitrogens is 3. The molecule has 3 heterocycles. The minimum absolute atomic E-state index is 0.160. The zero-order chi connectivity index (χ0) is 33.4. The van der Waals surface area contributed by atoms with Crippen LogP contribution in [0.5, 0.6) is 5.75 Å². The molecular weight excluding hydrogens is 623 g/mol. The van der Waals surface area contributed by atoms with Crippen molar-refractivity contribution in [2.75, 3.05) is 18.4 Å². The lowest BCUT2D eigenvalue weighted by molar-refractivity contribution is -0.274. The number of imidazole rings is 1. The Morgan fingerprint density at radius 2 is 1.73 bits per heavy atom. The molecule has 1 aliphatic heterocycles. The van der Waals surface area contributed by atoms with Gasteiger partial charge >= 0.3 is 24.3 Å². The van der Waals surface area contributed by atoms with Gasteiger partial charge in [0, 0.05) is 17.4 Å². The molecule has 246 valence electrons. The van der Waals surface area contributed by atoms with Crippen molar-refractivity contribution in [2.45, 2.75) is 74.2 Å². The van der Waals surface area contributed by atoms with E-state index >= 15 is 0 Å². The van der Waals surface area contributed by atoms with E-state index in [4.69, 9.17) is 25.5 Å². The number of thioether (sulfide) groups is 1. The van der Waals surface area contributed by atoms with Crippen molar-refractivity contribution in [1.29, 1.82) is 0 Å². The van der Waals surface area contributed by atoms with E-state index in [1.807, 2.05) is 10.6 Å². The molecule has 0 amide bonds. The number of aliphatic carboxylic acids is 3. The van der Waals surface area contributed by atoms with Gasteiger partial charge in [-0.15, -0.1) is 24.9 Å². The van der Waals surface area contributed by atoms with Gasteiger partial charge in [-0.1, -0.05) is 32.0 Å². The van der Waals surface area contributed by atoms with E-state index in [0.717, 1.165) is 42.3 Å². The smallest absolute Gasteiger partial charge is 0.481 e. The van der Waals surface area contributed by atoms with Crippen molar-refractivity contribution in [2.24, 2.45) is 0 Å². The summed E-state index contributed by atoms with van der Waals surface area (Å²) in [5.41, 5.74) is 0.0276. The highest BCUT2D eigenvalue weighted by atomic mass is 32.2. The van der Waals surface area contributed by atoms with Gasteiger partial charge in [0.1, 0.15) is 10.8 Å². The highest BCUT2D eigenvalue weighted by Gasteiger charge is 2.40. The minimum atomic E-state index is -4.74. The summed E-state index contributed by atoms with van der Waals surface area (Å²) < 4.78 is 44.4. The van der Waals surface area contributed by atoms with E-state index in [1.54, 1.807) is 30.1 Å².